The van der Waals surface area contributed by atoms with E-state index in [2.05, 4.69) is 0 Å². The van der Waals surface area contributed by atoms with Crippen molar-refractivity contribution in [3.05, 3.63) is 29.8 Å². The van der Waals surface area contributed by atoms with Gasteiger partial charge < -0.3 is 14.7 Å². The number of quaternary nitrogens is 1. The molecule has 0 aromatic heterocycles. The highest BCUT2D eigenvalue weighted by molar-refractivity contribution is 7.91. The fourth-order valence-corrected chi connectivity index (χ4v) is 6.26. The summed E-state index contributed by atoms with van der Waals surface area (Å²) in [6.07, 6.45) is 2.16. The third-order valence-corrected chi connectivity index (χ3v) is 7.75. The fraction of sp³-hybridized carbons (Fsp3) is 0.579. The SMILES string of the molecule is O=C(c1cccc(N2CCCC2=O)c1)N1CC[NH+]([C@@H]2CCS(=O)(=O)C2)CC1. The first-order valence-corrected chi connectivity index (χ1v) is 11.5. The van der Waals surface area contributed by atoms with Crippen molar-refractivity contribution in [1.82, 2.24) is 4.90 Å². The molecule has 0 saturated carbocycles. The van der Waals surface area contributed by atoms with Gasteiger partial charge in [-0.1, -0.05) is 6.07 Å². The molecule has 0 radical (unpaired) electrons. The molecule has 2 amide bonds. The van der Waals surface area contributed by atoms with Crippen LogP contribution in [0.1, 0.15) is 29.6 Å². The minimum atomic E-state index is -2.87. The molecule has 4 rings (SSSR count). The van der Waals surface area contributed by atoms with Crippen molar-refractivity contribution < 1.29 is 22.9 Å². The van der Waals surface area contributed by atoms with Gasteiger partial charge in [0.1, 0.15) is 11.8 Å². The predicted octanol–water partition coefficient (Wildman–Crippen LogP) is -0.659. The number of piperazine rings is 1. The molecule has 1 atom stereocenters. The Hall–Kier alpha value is -1.93. The normalized spacial score (nSPS) is 25.9. The molecule has 0 bridgehead atoms. The van der Waals surface area contributed by atoms with E-state index in [0.717, 1.165) is 31.6 Å². The summed E-state index contributed by atoms with van der Waals surface area (Å²) in [5.41, 5.74) is 1.41. The number of anilines is 1. The first kappa shape index (κ1) is 18.4. The number of rotatable bonds is 3. The van der Waals surface area contributed by atoms with E-state index in [1.165, 1.54) is 4.90 Å². The Kier molecular flexibility index (Phi) is 4.94. The summed E-state index contributed by atoms with van der Waals surface area (Å²) in [5.74, 6) is 0.679. The molecular formula is C19H26N3O4S+. The number of benzene rings is 1. The van der Waals surface area contributed by atoms with Crippen LogP contribution in [0.4, 0.5) is 5.69 Å². The minimum absolute atomic E-state index is 0.0124. The number of carbonyl (C=O) groups is 2. The summed E-state index contributed by atoms with van der Waals surface area (Å²) in [7, 11) is -2.87. The molecule has 3 saturated heterocycles. The van der Waals surface area contributed by atoms with E-state index in [1.807, 2.05) is 23.1 Å². The zero-order valence-corrected chi connectivity index (χ0v) is 16.2. The van der Waals surface area contributed by atoms with E-state index in [1.54, 1.807) is 11.0 Å². The zero-order chi connectivity index (χ0) is 19.0. The monoisotopic (exact) mass is 392 g/mol. The van der Waals surface area contributed by atoms with E-state index in [9.17, 15) is 18.0 Å². The Morgan fingerprint density at radius 3 is 2.56 bits per heavy atom. The summed E-state index contributed by atoms with van der Waals surface area (Å²) in [6.45, 7) is 3.56. The number of hydrogen-bond donors (Lipinski definition) is 1. The third-order valence-electron chi connectivity index (χ3n) is 5.98. The highest BCUT2D eigenvalue weighted by Crippen LogP contribution is 2.23. The average Bonchev–Trinajstić information content (AvgIpc) is 3.26. The van der Waals surface area contributed by atoms with Gasteiger partial charge in [-0.05, 0) is 24.6 Å². The lowest BCUT2D eigenvalue weighted by Gasteiger charge is -2.35. The summed E-state index contributed by atoms with van der Waals surface area (Å²) >= 11 is 0. The molecule has 1 aromatic carbocycles. The molecule has 3 aliphatic heterocycles. The Balaban J connectivity index is 1.39. The maximum Gasteiger partial charge on any atom is 0.254 e. The molecule has 0 aliphatic carbocycles. The number of amides is 2. The Morgan fingerprint density at radius 2 is 1.93 bits per heavy atom. The van der Waals surface area contributed by atoms with Gasteiger partial charge in [-0.25, -0.2) is 8.42 Å². The van der Waals surface area contributed by atoms with Gasteiger partial charge in [0.15, 0.2) is 9.84 Å². The van der Waals surface area contributed by atoms with Crippen LogP contribution in [0.2, 0.25) is 0 Å². The van der Waals surface area contributed by atoms with Gasteiger partial charge in [0.2, 0.25) is 5.91 Å². The van der Waals surface area contributed by atoms with E-state index in [4.69, 9.17) is 0 Å². The number of nitrogens with one attached hydrogen (secondary N) is 1. The van der Waals surface area contributed by atoms with Crippen LogP contribution in [0, 0.1) is 0 Å². The van der Waals surface area contributed by atoms with Crippen LogP contribution in [-0.4, -0.2) is 75.4 Å². The van der Waals surface area contributed by atoms with Crippen molar-refractivity contribution in [2.75, 3.05) is 49.1 Å². The van der Waals surface area contributed by atoms with Gasteiger partial charge in [-0.3, -0.25) is 9.59 Å². The standard InChI is InChI=1S/C19H25N3O4S/c23-18-5-2-7-22(18)16-4-1-3-15(13-16)19(24)21-10-8-20(9-11-21)17-6-12-27(25,26)14-17/h1,3-4,13,17H,2,5-12,14H2/p+1/t17-/m1/s1. The molecule has 8 heteroatoms. The lowest BCUT2D eigenvalue weighted by molar-refractivity contribution is -0.925. The van der Waals surface area contributed by atoms with Crippen molar-refractivity contribution >= 4 is 27.3 Å². The van der Waals surface area contributed by atoms with Crippen LogP contribution >= 0.6 is 0 Å². The molecule has 146 valence electrons. The van der Waals surface area contributed by atoms with Gasteiger partial charge in [-0.15, -0.1) is 0 Å². The molecular weight excluding hydrogens is 366 g/mol. The lowest BCUT2D eigenvalue weighted by atomic mass is 10.1. The number of carbonyl (C=O) groups excluding carboxylic acids is 2. The number of sulfone groups is 1. The van der Waals surface area contributed by atoms with Gasteiger partial charge in [0.05, 0.1) is 31.9 Å². The molecule has 1 aromatic rings. The summed E-state index contributed by atoms with van der Waals surface area (Å²) in [5, 5.41) is 0. The first-order valence-electron chi connectivity index (χ1n) is 9.68. The van der Waals surface area contributed by atoms with Crippen LogP contribution in [0.3, 0.4) is 0 Å². The quantitative estimate of drug-likeness (QED) is 0.741. The average molecular weight is 393 g/mol. The first-order chi connectivity index (χ1) is 12.9. The topological polar surface area (TPSA) is 79.2 Å². The second-order valence-corrected chi connectivity index (χ2v) is 9.98. The van der Waals surface area contributed by atoms with Crippen LogP contribution in [-0.2, 0) is 14.6 Å². The molecule has 3 fully saturated rings. The number of nitrogens with zero attached hydrogens (tertiary/aromatic N) is 2. The van der Waals surface area contributed by atoms with Crippen LogP contribution < -0.4 is 9.80 Å². The smallest absolute Gasteiger partial charge is 0.254 e. The fourth-order valence-electron chi connectivity index (χ4n) is 4.43. The molecule has 3 heterocycles. The second kappa shape index (κ2) is 7.24. The van der Waals surface area contributed by atoms with Crippen LogP contribution in [0.15, 0.2) is 24.3 Å². The molecule has 1 N–H and O–H groups in total. The number of hydrogen-bond acceptors (Lipinski definition) is 4. The van der Waals surface area contributed by atoms with Crippen molar-refractivity contribution in [2.45, 2.75) is 25.3 Å². The predicted molar refractivity (Wildman–Crippen MR) is 102 cm³/mol. The van der Waals surface area contributed by atoms with Gasteiger partial charge in [0.25, 0.3) is 5.91 Å². The Bertz CT molecular complexity index is 846. The van der Waals surface area contributed by atoms with Gasteiger partial charge >= 0.3 is 0 Å². The molecule has 0 unspecified atom stereocenters. The van der Waals surface area contributed by atoms with Gasteiger partial charge in [-0.2, -0.15) is 0 Å². The largest absolute Gasteiger partial charge is 0.329 e. The molecule has 7 nitrogen and oxygen atoms in total. The highest BCUT2D eigenvalue weighted by Gasteiger charge is 2.37. The van der Waals surface area contributed by atoms with Crippen molar-refractivity contribution in [2.24, 2.45) is 0 Å². The van der Waals surface area contributed by atoms with Crippen molar-refractivity contribution in [3.63, 3.8) is 0 Å². The summed E-state index contributed by atoms with van der Waals surface area (Å²) in [4.78, 5) is 29.7. The molecule has 3 aliphatic rings. The van der Waals surface area contributed by atoms with E-state index < -0.39 is 9.84 Å². The van der Waals surface area contributed by atoms with E-state index >= 15 is 0 Å². The van der Waals surface area contributed by atoms with Crippen LogP contribution in [0.5, 0.6) is 0 Å². The summed E-state index contributed by atoms with van der Waals surface area (Å²) < 4.78 is 23.4. The third kappa shape index (κ3) is 3.87. The van der Waals surface area contributed by atoms with Crippen LogP contribution in [0.25, 0.3) is 0 Å². The Morgan fingerprint density at radius 1 is 1.15 bits per heavy atom. The van der Waals surface area contributed by atoms with Crippen molar-refractivity contribution in [1.29, 1.82) is 0 Å². The molecule has 27 heavy (non-hydrogen) atoms. The van der Waals surface area contributed by atoms with Gasteiger partial charge in [0, 0.05) is 30.6 Å². The summed E-state index contributed by atoms with van der Waals surface area (Å²) in [6, 6.07) is 7.50. The molecule has 0 spiro atoms. The second-order valence-electron chi connectivity index (χ2n) is 7.75. The zero-order valence-electron chi connectivity index (χ0n) is 15.4. The maximum absolute atomic E-state index is 12.9. The van der Waals surface area contributed by atoms with E-state index in [-0.39, 0.29) is 23.6 Å². The Labute approximate surface area is 159 Å². The van der Waals surface area contributed by atoms with Crippen molar-refractivity contribution in [3.8, 4) is 0 Å². The van der Waals surface area contributed by atoms with E-state index in [0.29, 0.717) is 37.4 Å². The minimum Gasteiger partial charge on any atom is -0.329 e. The maximum atomic E-state index is 12.9. The lowest BCUT2D eigenvalue weighted by Crippen LogP contribution is -3.18. The highest BCUT2D eigenvalue weighted by atomic mass is 32.2.